The molecule has 1 aliphatic heterocycles. The summed E-state index contributed by atoms with van der Waals surface area (Å²) >= 11 is 0. The molecule has 1 saturated heterocycles. The predicted molar refractivity (Wildman–Crippen MR) is 66.2 cm³/mol. The van der Waals surface area contributed by atoms with Crippen LogP contribution in [0.5, 0.6) is 0 Å². The molecule has 0 spiro atoms. The van der Waals surface area contributed by atoms with Crippen LogP contribution in [0.1, 0.15) is 33.1 Å². The maximum atomic E-state index is 11.8. The number of carbonyl (C=O) groups excluding carboxylic acids is 1. The van der Waals surface area contributed by atoms with Gasteiger partial charge in [-0.3, -0.25) is 9.69 Å². The van der Waals surface area contributed by atoms with Crippen molar-refractivity contribution in [2.75, 3.05) is 26.7 Å². The Labute approximate surface area is 98.8 Å². The topological polar surface area (TPSA) is 49.6 Å². The molecule has 1 heterocycles. The lowest BCUT2D eigenvalue weighted by Crippen LogP contribution is -2.46. The summed E-state index contributed by atoms with van der Waals surface area (Å²) in [5, 5.41) is 0. The van der Waals surface area contributed by atoms with E-state index in [9.17, 15) is 4.79 Å². The van der Waals surface area contributed by atoms with Crippen LogP contribution in [0.4, 0.5) is 0 Å². The number of nitrogens with zero attached hydrogens (tertiary/aromatic N) is 2. The molecular formula is C12H25N3O. The zero-order valence-corrected chi connectivity index (χ0v) is 10.8. The summed E-state index contributed by atoms with van der Waals surface area (Å²) in [5.74, 6) is 0.0745. The van der Waals surface area contributed by atoms with Gasteiger partial charge in [0.15, 0.2) is 0 Å². The Morgan fingerprint density at radius 1 is 1.56 bits per heavy atom. The molecule has 4 nitrogen and oxygen atoms in total. The van der Waals surface area contributed by atoms with Gasteiger partial charge in [-0.15, -0.1) is 0 Å². The maximum Gasteiger partial charge on any atom is 0.239 e. The van der Waals surface area contributed by atoms with Crippen LogP contribution in [0, 0.1) is 0 Å². The van der Waals surface area contributed by atoms with Crippen molar-refractivity contribution >= 4 is 5.91 Å². The van der Waals surface area contributed by atoms with E-state index < -0.39 is 0 Å². The Bertz CT molecular complexity index is 232. The predicted octanol–water partition coefficient (Wildman–Crippen LogP) is 0.666. The molecule has 4 heteroatoms. The quantitative estimate of drug-likeness (QED) is 0.751. The minimum atomic E-state index is -0.332. The van der Waals surface area contributed by atoms with E-state index in [0.717, 1.165) is 13.1 Å². The summed E-state index contributed by atoms with van der Waals surface area (Å²) in [7, 11) is 1.87. The second kappa shape index (κ2) is 6.21. The molecule has 1 unspecified atom stereocenters. The highest BCUT2D eigenvalue weighted by Crippen LogP contribution is 2.17. The van der Waals surface area contributed by atoms with Crippen LogP contribution in [-0.4, -0.2) is 54.5 Å². The van der Waals surface area contributed by atoms with Gasteiger partial charge in [0, 0.05) is 19.6 Å². The van der Waals surface area contributed by atoms with Crippen molar-refractivity contribution in [2.45, 2.75) is 45.2 Å². The van der Waals surface area contributed by atoms with Crippen LogP contribution in [0.3, 0.4) is 0 Å². The molecule has 0 aromatic heterocycles. The third-order valence-corrected chi connectivity index (χ3v) is 3.52. The monoisotopic (exact) mass is 227 g/mol. The fourth-order valence-electron chi connectivity index (χ4n) is 2.38. The number of likely N-dealkylation sites (N-methyl/N-ethyl adjacent to an activating group) is 2. The van der Waals surface area contributed by atoms with Crippen molar-refractivity contribution in [1.82, 2.24) is 9.80 Å². The Morgan fingerprint density at radius 2 is 2.25 bits per heavy atom. The standard InChI is InChI=1S/C12H25N3O/c1-4-11(13)12(16)14(3)9-10-7-6-8-15(10)5-2/h10-11H,4-9,13H2,1-3H3/t10?,11-/m1/s1. The van der Waals surface area contributed by atoms with Crippen LogP contribution in [-0.2, 0) is 4.79 Å². The highest BCUT2D eigenvalue weighted by Gasteiger charge is 2.26. The second-order valence-electron chi connectivity index (χ2n) is 4.66. The number of amides is 1. The van der Waals surface area contributed by atoms with E-state index in [4.69, 9.17) is 5.73 Å². The van der Waals surface area contributed by atoms with Gasteiger partial charge in [0.25, 0.3) is 0 Å². The lowest BCUT2D eigenvalue weighted by atomic mass is 10.1. The van der Waals surface area contributed by atoms with Gasteiger partial charge in [-0.25, -0.2) is 0 Å². The third-order valence-electron chi connectivity index (χ3n) is 3.52. The van der Waals surface area contributed by atoms with Crippen molar-refractivity contribution in [1.29, 1.82) is 0 Å². The van der Waals surface area contributed by atoms with Crippen molar-refractivity contribution in [3.05, 3.63) is 0 Å². The van der Waals surface area contributed by atoms with Gasteiger partial charge in [-0.1, -0.05) is 13.8 Å². The number of rotatable bonds is 5. The van der Waals surface area contributed by atoms with Gasteiger partial charge in [-0.05, 0) is 32.4 Å². The van der Waals surface area contributed by atoms with E-state index in [1.165, 1.54) is 19.4 Å². The minimum absolute atomic E-state index is 0.0745. The summed E-state index contributed by atoms with van der Waals surface area (Å²) in [6.07, 6.45) is 3.17. The molecule has 1 aliphatic rings. The highest BCUT2D eigenvalue weighted by atomic mass is 16.2. The molecule has 0 aliphatic carbocycles. The molecule has 0 saturated carbocycles. The summed E-state index contributed by atoms with van der Waals surface area (Å²) in [5.41, 5.74) is 5.75. The van der Waals surface area contributed by atoms with Crippen molar-refractivity contribution < 1.29 is 4.79 Å². The van der Waals surface area contributed by atoms with E-state index >= 15 is 0 Å². The molecule has 0 radical (unpaired) electrons. The lowest BCUT2D eigenvalue weighted by Gasteiger charge is -2.29. The van der Waals surface area contributed by atoms with Crippen LogP contribution in [0.15, 0.2) is 0 Å². The number of hydrogen-bond donors (Lipinski definition) is 1. The Morgan fingerprint density at radius 3 is 2.81 bits per heavy atom. The molecule has 1 amide bonds. The molecule has 1 rings (SSSR count). The fourth-order valence-corrected chi connectivity index (χ4v) is 2.38. The minimum Gasteiger partial charge on any atom is -0.343 e. The van der Waals surface area contributed by atoms with Gasteiger partial charge in [0.05, 0.1) is 6.04 Å². The van der Waals surface area contributed by atoms with Gasteiger partial charge in [0.1, 0.15) is 0 Å². The molecule has 2 atom stereocenters. The number of likely N-dealkylation sites (tertiary alicyclic amines) is 1. The van der Waals surface area contributed by atoms with Crippen LogP contribution in [0.25, 0.3) is 0 Å². The largest absolute Gasteiger partial charge is 0.343 e. The molecule has 94 valence electrons. The summed E-state index contributed by atoms with van der Waals surface area (Å²) in [6.45, 7) is 7.19. The van der Waals surface area contributed by atoms with E-state index in [1.54, 1.807) is 4.90 Å². The van der Waals surface area contributed by atoms with Crippen molar-refractivity contribution in [3.8, 4) is 0 Å². The van der Waals surface area contributed by atoms with Gasteiger partial charge in [-0.2, -0.15) is 0 Å². The first kappa shape index (κ1) is 13.5. The van der Waals surface area contributed by atoms with Crippen molar-refractivity contribution in [3.63, 3.8) is 0 Å². The smallest absolute Gasteiger partial charge is 0.239 e. The SMILES string of the molecule is CC[C@@H](N)C(=O)N(C)CC1CCCN1CC. The third kappa shape index (κ3) is 3.19. The zero-order chi connectivity index (χ0) is 12.1. The number of nitrogens with two attached hydrogens (primary N) is 1. The molecule has 0 aromatic rings. The molecular weight excluding hydrogens is 202 g/mol. The average Bonchev–Trinajstić information content (AvgIpc) is 2.74. The summed E-state index contributed by atoms with van der Waals surface area (Å²) in [6, 6.07) is 0.199. The van der Waals surface area contributed by atoms with Crippen LogP contribution in [0.2, 0.25) is 0 Å². The average molecular weight is 227 g/mol. The second-order valence-corrected chi connectivity index (χ2v) is 4.66. The molecule has 0 bridgehead atoms. The highest BCUT2D eigenvalue weighted by molar-refractivity contribution is 5.81. The van der Waals surface area contributed by atoms with E-state index in [0.29, 0.717) is 12.5 Å². The molecule has 0 aromatic carbocycles. The summed E-state index contributed by atoms with van der Waals surface area (Å²) in [4.78, 5) is 16.1. The van der Waals surface area contributed by atoms with Gasteiger partial charge >= 0.3 is 0 Å². The number of hydrogen-bond acceptors (Lipinski definition) is 3. The van der Waals surface area contributed by atoms with Crippen LogP contribution < -0.4 is 5.73 Å². The first-order chi connectivity index (χ1) is 7.60. The van der Waals surface area contributed by atoms with E-state index in [2.05, 4.69) is 11.8 Å². The first-order valence-electron chi connectivity index (χ1n) is 6.34. The zero-order valence-electron chi connectivity index (χ0n) is 10.8. The van der Waals surface area contributed by atoms with Gasteiger partial charge < -0.3 is 10.6 Å². The molecule has 2 N–H and O–H groups in total. The Balaban J connectivity index is 2.44. The maximum absolute atomic E-state index is 11.8. The Kier molecular flexibility index (Phi) is 5.22. The van der Waals surface area contributed by atoms with Crippen LogP contribution >= 0.6 is 0 Å². The van der Waals surface area contributed by atoms with Gasteiger partial charge in [0.2, 0.25) is 5.91 Å². The number of carbonyl (C=O) groups is 1. The first-order valence-corrected chi connectivity index (χ1v) is 6.34. The van der Waals surface area contributed by atoms with Crippen molar-refractivity contribution in [2.24, 2.45) is 5.73 Å². The summed E-state index contributed by atoms with van der Waals surface area (Å²) < 4.78 is 0. The normalized spacial score (nSPS) is 23.4. The molecule has 1 fully saturated rings. The lowest BCUT2D eigenvalue weighted by molar-refractivity contribution is -0.132. The Hall–Kier alpha value is -0.610. The fraction of sp³-hybridized carbons (Fsp3) is 0.917. The molecule has 16 heavy (non-hydrogen) atoms. The van der Waals surface area contributed by atoms with E-state index in [1.807, 2.05) is 14.0 Å². The van der Waals surface area contributed by atoms with E-state index in [-0.39, 0.29) is 11.9 Å².